The van der Waals surface area contributed by atoms with Gasteiger partial charge in [-0.05, 0) is 36.8 Å². The standard InChI is InChI=1S/C17H14F2N2O2S/c1-9-17(23)21-14-6-10(2-5-15(14)24-9)7-16(22)20-11-3-4-12(18)13(19)8-11/h2-6,8-9H,7H2,1H3,(H,20,22)(H,21,23). The summed E-state index contributed by atoms with van der Waals surface area (Å²) in [6.07, 6.45) is 0.0579. The van der Waals surface area contributed by atoms with Gasteiger partial charge in [-0.25, -0.2) is 8.78 Å². The Balaban J connectivity index is 1.69. The number of thioether (sulfide) groups is 1. The van der Waals surface area contributed by atoms with E-state index in [0.29, 0.717) is 11.3 Å². The monoisotopic (exact) mass is 348 g/mol. The second-order valence-electron chi connectivity index (χ2n) is 5.43. The van der Waals surface area contributed by atoms with Gasteiger partial charge in [0.05, 0.1) is 17.4 Å². The number of hydrogen-bond donors (Lipinski definition) is 2. The molecule has 124 valence electrons. The van der Waals surface area contributed by atoms with Crippen LogP contribution in [0, 0.1) is 11.6 Å². The normalized spacial score (nSPS) is 16.3. The van der Waals surface area contributed by atoms with E-state index < -0.39 is 11.6 Å². The van der Waals surface area contributed by atoms with E-state index in [1.165, 1.54) is 17.8 Å². The van der Waals surface area contributed by atoms with Crippen LogP contribution >= 0.6 is 11.8 Å². The van der Waals surface area contributed by atoms with Crippen LogP contribution in [0.3, 0.4) is 0 Å². The summed E-state index contributed by atoms with van der Waals surface area (Å²) < 4.78 is 26.0. The van der Waals surface area contributed by atoms with E-state index in [9.17, 15) is 18.4 Å². The van der Waals surface area contributed by atoms with Crippen molar-refractivity contribution in [1.29, 1.82) is 0 Å². The molecule has 4 nitrogen and oxygen atoms in total. The third kappa shape index (κ3) is 3.56. The Bertz CT molecular complexity index is 826. The molecule has 2 aromatic rings. The van der Waals surface area contributed by atoms with E-state index in [-0.39, 0.29) is 29.2 Å². The first-order valence-electron chi connectivity index (χ1n) is 7.28. The summed E-state index contributed by atoms with van der Waals surface area (Å²) in [6.45, 7) is 1.83. The zero-order valence-electron chi connectivity index (χ0n) is 12.7. The molecule has 3 rings (SSSR count). The summed E-state index contributed by atoms with van der Waals surface area (Å²) in [6, 6.07) is 8.59. The van der Waals surface area contributed by atoms with E-state index in [4.69, 9.17) is 0 Å². The molecule has 0 saturated carbocycles. The second-order valence-corrected chi connectivity index (χ2v) is 6.82. The molecule has 7 heteroatoms. The van der Waals surface area contributed by atoms with Crippen LogP contribution in [0.25, 0.3) is 0 Å². The molecule has 0 aromatic heterocycles. The lowest BCUT2D eigenvalue weighted by Gasteiger charge is -2.21. The van der Waals surface area contributed by atoms with Gasteiger partial charge < -0.3 is 10.6 Å². The SMILES string of the molecule is CC1Sc2ccc(CC(=O)Nc3ccc(F)c(F)c3)cc2NC1=O. The highest BCUT2D eigenvalue weighted by Crippen LogP contribution is 2.36. The number of carbonyl (C=O) groups is 2. The molecule has 0 fully saturated rings. The Kier molecular flexibility index (Phi) is 4.53. The Labute approximate surface area is 141 Å². The van der Waals surface area contributed by atoms with Gasteiger partial charge in [0, 0.05) is 16.6 Å². The summed E-state index contributed by atoms with van der Waals surface area (Å²) >= 11 is 1.46. The molecular formula is C17H14F2N2O2S. The number of rotatable bonds is 3. The van der Waals surface area contributed by atoms with Crippen LogP contribution < -0.4 is 10.6 Å². The lowest BCUT2D eigenvalue weighted by molar-refractivity contribution is -0.116. The molecule has 0 bridgehead atoms. The minimum Gasteiger partial charge on any atom is -0.326 e. The summed E-state index contributed by atoms with van der Waals surface area (Å²) in [4.78, 5) is 24.7. The van der Waals surface area contributed by atoms with E-state index in [1.54, 1.807) is 12.1 Å². The van der Waals surface area contributed by atoms with Crippen molar-refractivity contribution in [2.45, 2.75) is 23.5 Å². The van der Waals surface area contributed by atoms with Crippen molar-refractivity contribution in [1.82, 2.24) is 0 Å². The number of carbonyl (C=O) groups excluding carboxylic acids is 2. The summed E-state index contributed by atoms with van der Waals surface area (Å²) in [5.74, 6) is -2.42. The van der Waals surface area contributed by atoms with Crippen LogP contribution in [0.5, 0.6) is 0 Å². The fourth-order valence-corrected chi connectivity index (χ4v) is 3.26. The van der Waals surface area contributed by atoms with Gasteiger partial charge in [-0.1, -0.05) is 6.07 Å². The molecule has 1 aliphatic rings. The minimum absolute atomic E-state index is 0.0579. The molecular weight excluding hydrogens is 334 g/mol. The third-order valence-electron chi connectivity index (χ3n) is 3.54. The van der Waals surface area contributed by atoms with Crippen molar-refractivity contribution in [3.63, 3.8) is 0 Å². The fourth-order valence-electron chi connectivity index (χ4n) is 2.33. The Morgan fingerprint density at radius 2 is 2.00 bits per heavy atom. The minimum atomic E-state index is -1.02. The molecule has 2 amide bonds. The van der Waals surface area contributed by atoms with Crippen molar-refractivity contribution >= 4 is 35.0 Å². The highest BCUT2D eigenvalue weighted by Gasteiger charge is 2.23. The van der Waals surface area contributed by atoms with Crippen LogP contribution in [-0.4, -0.2) is 17.1 Å². The van der Waals surface area contributed by atoms with Gasteiger partial charge in [0.15, 0.2) is 11.6 Å². The van der Waals surface area contributed by atoms with Gasteiger partial charge in [0.1, 0.15) is 0 Å². The number of anilines is 2. The first kappa shape index (κ1) is 16.4. The zero-order valence-corrected chi connectivity index (χ0v) is 13.5. The number of hydrogen-bond acceptors (Lipinski definition) is 3. The van der Waals surface area contributed by atoms with Crippen LogP contribution in [-0.2, 0) is 16.0 Å². The average molecular weight is 348 g/mol. The average Bonchev–Trinajstić information content (AvgIpc) is 2.52. The molecule has 0 spiro atoms. The summed E-state index contributed by atoms with van der Waals surface area (Å²) in [5, 5.41) is 5.17. The fraction of sp³-hybridized carbons (Fsp3) is 0.176. The lowest BCUT2D eigenvalue weighted by atomic mass is 10.1. The Morgan fingerprint density at radius 3 is 2.75 bits per heavy atom. The smallest absolute Gasteiger partial charge is 0.237 e. The molecule has 2 aromatic carbocycles. The zero-order chi connectivity index (χ0) is 17.3. The predicted molar refractivity (Wildman–Crippen MR) is 89.1 cm³/mol. The lowest BCUT2D eigenvalue weighted by Crippen LogP contribution is -2.26. The summed E-state index contributed by atoms with van der Waals surface area (Å²) in [5.41, 5.74) is 1.58. The van der Waals surface area contributed by atoms with Gasteiger partial charge in [0.2, 0.25) is 11.8 Å². The molecule has 0 saturated heterocycles. The van der Waals surface area contributed by atoms with Crippen LogP contribution in [0.1, 0.15) is 12.5 Å². The highest BCUT2D eigenvalue weighted by atomic mass is 32.2. The van der Waals surface area contributed by atoms with Gasteiger partial charge in [-0.2, -0.15) is 0 Å². The van der Waals surface area contributed by atoms with Gasteiger partial charge in [0.25, 0.3) is 0 Å². The maximum absolute atomic E-state index is 13.1. The molecule has 1 atom stereocenters. The first-order valence-corrected chi connectivity index (χ1v) is 8.15. The molecule has 1 aliphatic heterocycles. The molecule has 24 heavy (non-hydrogen) atoms. The molecule has 2 N–H and O–H groups in total. The van der Waals surface area contributed by atoms with Crippen molar-refractivity contribution in [2.24, 2.45) is 0 Å². The van der Waals surface area contributed by atoms with Crippen LogP contribution in [0.2, 0.25) is 0 Å². The van der Waals surface area contributed by atoms with E-state index in [2.05, 4.69) is 10.6 Å². The molecule has 1 unspecified atom stereocenters. The third-order valence-corrected chi connectivity index (χ3v) is 4.72. The van der Waals surface area contributed by atoms with E-state index in [1.807, 2.05) is 13.0 Å². The number of nitrogens with one attached hydrogen (secondary N) is 2. The van der Waals surface area contributed by atoms with Gasteiger partial charge in [-0.3, -0.25) is 9.59 Å². The van der Waals surface area contributed by atoms with Crippen molar-refractivity contribution in [3.8, 4) is 0 Å². The topological polar surface area (TPSA) is 58.2 Å². The maximum atomic E-state index is 13.1. The predicted octanol–water partition coefficient (Wildman–Crippen LogP) is 3.58. The largest absolute Gasteiger partial charge is 0.326 e. The summed E-state index contributed by atoms with van der Waals surface area (Å²) in [7, 11) is 0. The maximum Gasteiger partial charge on any atom is 0.237 e. The van der Waals surface area contributed by atoms with Crippen LogP contribution in [0.4, 0.5) is 20.2 Å². The quantitative estimate of drug-likeness (QED) is 0.891. The Hall–Kier alpha value is -2.41. The van der Waals surface area contributed by atoms with Crippen LogP contribution in [0.15, 0.2) is 41.3 Å². The van der Waals surface area contributed by atoms with E-state index >= 15 is 0 Å². The van der Waals surface area contributed by atoms with Gasteiger partial charge in [-0.15, -0.1) is 11.8 Å². The molecule has 1 heterocycles. The van der Waals surface area contributed by atoms with Gasteiger partial charge >= 0.3 is 0 Å². The number of benzene rings is 2. The second kappa shape index (κ2) is 6.60. The van der Waals surface area contributed by atoms with Crippen molar-refractivity contribution in [3.05, 3.63) is 53.6 Å². The molecule has 0 aliphatic carbocycles. The van der Waals surface area contributed by atoms with E-state index in [0.717, 1.165) is 17.0 Å². The number of fused-ring (bicyclic) bond motifs is 1. The first-order chi connectivity index (χ1) is 11.4. The highest BCUT2D eigenvalue weighted by molar-refractivity contribution is 8.00. The Morgan fingerprint density at radius 1 is 1.21 bits per heavy atom. The number of halogens is 2. The van der Waals surface area contributed by atoms with Crippen molar-refractivity contribution < 1.29 is 18.4 Å². The van der Waals surface area contributed by atoms with Crippen molar-refractivity contribution in [2.75, 3.05) is 10.6 Å². The number of amides is 2. The molecule has 0 radical (unpaired) electrons.